The lowest BCUT2D eigenvalue weighted by Gasteiger charge is -2.35. The van der Waals surface area contributed by atoms with Crippen LogP contribution in [0.25, 0.3) is 11.0 Å². The molecular formula is C24H24F3N7O3. The third-order valence-corrected chi connectivity index (χ3v) is 5.89. The van der Waals surface area contributed by atoms with Crippen LogP contribution in [0, 0.1) is 18.3 Å². The van der Waals surface area contributed by atoms with Crippen molar-refractivity contribution < 1.29 is 22.7 Å². The third-order valence-electron chi connectivity index (χ3n) is 5.89. The summed E-state index contributed by atoms with van der Waals surface area (Å²) in [6.45, 7) is 7.33. The maximum absolute atomic E-state index is 13.9. The van der Waals surface area contributed by atoms with Crippen molar-refractivity contribution in [2.45, 2.75) is 52.1 Å². The van der Waals surface area contributed by atoms with Gasteiger partial charge in [-0.25, -0.2) is 15.0 Å². The van der Waals surface area contributed by atoms with E-state index in [0.29, 0.717) is 13.1 Å². The number of pyridine rings is 2. The number of morpholine rings is 1. The van der Waals surface area contributed by atoms with Gasteiger partial charge >= 0.3 is 6.18 Å². The Labute approximate surface area is 209 Å². The number of ether oxygens (including phenoxy) is 1. The van der Waals surface area contributed by atoms with Gasteiger partial charge in [-0.1, -0.05) is 0 Å². The lowest BCUT2D eigenvalue weighted by molar-refractivity contribution is -0.141. The number of fused-ring (bicyclic) bond motifs is 1. The van der Waals surface area contributed by atoms with Gasteiger partial charge in [0.1, 0.15) is 17.7 Å². The van der Waals surface area contributed by atoms with Crippen LogP contribution in [-0.2, 0) is 10.9 Å². The van der Waals surface area contributed by atoms with Crippen LogP contribution in [0.3, 0.4) is 0 Å². The number of alkyl halides is 3. The molecule has 10 nitrogen and oxygen atoms in total. The number of aryl methyl sites for hydroxylation is 1. The second-order valence-electron chi connectivity index (χ2n) is 9.01. The molecule has 0 spiro atoms. The Morgan fingerprint density at radius 3 is 2.57 bits per heavy atom. The maximum atomic E-state index is 13.9. The second-order valence-corrected chi connectivity index (χ2v) is 9.01. The quantitative estimate of drug-likeness (QED) is 0.540. The molecule has 3 aromatic rings. The van der Waals surface area contributed by atoms with Crippen LogP contribution in [0.1, 0.15) is 59.8 Å². The molecule has 0 radical (unpaired) electrons. The van der Waals surface area contributed by atoms with Gasteiger partial charge in [-0.3, -0.25) is 9.59 Å². The minimum absolute atomic E-state index is 0.0144. The van der Waals surface area contributed by atoms with E-state index in [9.17, 15) is 28.0 Å². The van der Waals surface area contributed by atoms with Crippen molar-refractivity contribution in [2.24, 2.45) is 0 Å². The number of carbonyl (C=O) groups excluding carboxylic acids is 1. The fourth-order valence-corrected chi connectivity index (χ4v) is 4.34. The molecule has 0 aromatic carbocycles. The summed E-state index contributed by atoms with van der Waals surface area (Å²) in [5.41, 5.74) is -2.33. The van der Waals surface area contributed by atoms with Crippen LogP contribution in [0.5, 0.6) is 0 Å². The van der Waals surface area contributed by atoms with Crippen molar-refractivity contribution in [3.8, 4) is 6.07 Å². The van der Waals surface area contributed by atoms with Gasteiger partial charge in [0.2, 0.25) is 0 Å². The molecule has 37 heavy (non-hydrogen) atoms. The molecule has 1 aliphatic heterocycles. The van der Waals surface area contributed by atoms with Crippen molar-refractivity contribution in [1.29, 1.82) is 5.26 Å². The first kappa shape index (κ1) is 26.0. The predicted molar refractivity (Wildman–Crippen MR) is 127 cm³/mol. The summed E-state index contributed by atoms with van der Waals surface area (Å²) in [6, 6.07) is 3.30. The third kappa shape index (κ3) is 5.39. The lowest BCUT2D eigenvalue weighted by atomic mass is 10.0. The number of hydrogen-bond acceptors (Lipinski definition) is 8. The van der Waals surface area contributed by atoms with Gasteiger partial charge in [-0.15, -0.1) is 0 Å². The van der Waals surface area contributed by atoms with Gasteiger partial charge in [-0.05, 0) is 39.8 Å². The number of aromatic amines is 1. The van der Waals surface area contributed by atoms with E-state index in [1.54, 1.807) is 4.90 Å². The Hall–Kier alpha value is -4.05. The molecule has 1 fully saturated rings. The molecule has 0 bridgehead atoms. The number of nitriles is 1. The number of nitrogens with zero attached hydrogens (tertiary/aromatic N) is 5. The van der Waals surface area contributed by atoms with E-state index in [4.69, 9.17) is 4.74 Å². The summed E-state index contributed by atoms with van der Waals surface area (Å²) in [5.74, 6) is -0.208. The average molecular weight is 515 g/mol. The topological polar surface area (TPSA) is 137 Å². The summed E-state index contributed by atoms with van der Waals surface area (Å²) >= 11 is 0. The first-order chi connectivity index (χ1) is 17.4. The molecule has 0 saturated carbocycles. The Balaban J connectivity index is 1.67. The second kappa shape index (κ2) is 9.78. The molecular weight excluding hydrogens is 491 g/mol. The summed E-state index contributed by atoms with van der Waals surface area (Å²) in [4.78, 5) is 41.1. The number of carbonyl (C=O) groups is 1. The maximum Gasteiger partial charge on any atom is 0.433 e. The molecule has 0 aliphatic carbocycles. The SMILES string of the molecule is Cc1nc2nc(C(F)(F)F)c([C@@H](C)Nc3ncc(C(=O)N4C[C@@H](C)O[C@@H](C)C4)cc3C#N)cc2c(=O)[nH]1. The molecule has 194 valence electrons. The number of amides is 1. The number of H-pyrrole nitrogens is 1. The molecule has 3 atom stereocenters. The minimum Gasteiger partial charge on any atom is -0.372 e. The van der Waals surface area contributed by atoms with Crippen molar-refractivity contribution in [3.63, 3.8) is 0 Å². The van der Waals surface area contributed by atoms with Crippen LogP contribution in [0.2, 0.25) is 0 Å². The van der Waals surface area contributed by atoms with Crippen molar-refractivity contribution in [3.05, 3.63) is 56.9 Å². The van der Waals surface area contributed by atoms with E-state index < -0.39 is 23.5 Å². The van der Waals surface area contributed by atoms with Crippen LogP contribution in [-0.4, -0.2) is 56.0 Å². The van der Waals surface area contributed by atoms with E-state index in [0.717, 1.165) is 6.07 Å². The Morgan fingerprint density at radius 2 is 1.95 bits per heavy atom. The molecule has 13 heteroatoms. The lowest BCUT2D eigenvalue weighted by Crippen LogP contribution is -2.48. The van der Waals surface area contributed by atoms with Crippen LogP contribution in [0.4, 0.5) is 19.0 Å². The van der Waals surface area contributed by atoms with Crippen LogP contribution in [0.15, 0.2) is 23.1 Å². The Kier molecular flexibility index (Phi) is 6.88. The summed E-state index contributed by atoms with van der Waals surface area (Å²) in [5, 5.41) is 12.4. The standard InChI is InChI=1S/C24H24F3N7O3/c1-11-9-34(10-12(2)37-11)23(36)16-5-15(7-28)20(29-8-16)30-13(3)17-6-18-21(31-14(4)32-22(18)35)33-19(17)24(25,26)27/h5-6,8,11-13H,9-10H2,1-4H3,(H,29,30)(H,31,32,33,35)/t11-,12+,13-/m1/s1. The van der Waals surface area contributed by atoms with Gasteiger partial charge in [0.25, 0.3) is 11.5 Å². The van der Waals surface area contributed by atoms with E-state index in [-0.39, 0.29) is 57.5 Å². The highest BCUT2D eigenvalue weighted by Crippen LogP contribution is 2.35. The molecule has 1 amide bonds. The highest BCUT2D eigenvalue weighted by molar-refractivity contribution is 5.94. The van der Waals surface area contributed by atoms with E-state index in [2.05, 4.69) is 25.3 Å². The number of halogens is 3. The number of nitrogens with one attached hydrogen (secondary N) is 2. The smallest absolute Gasteiger partial charge is 0.372 e. The van der Waals surface area contributed by atoms with E-state index >= 15 is 0 Å². The van der Waals surface area contributed by atoms with Crippen molar-refractivity contribution >= 4 is 22.8 Å². The van der Waals surface area contributed by atoms with Crippen LogP contribution >= 0.6 is 0 Å². The first-order valence-corrected chi connectivity index (χ1v) is 11.5. The highest BCUT2D eigenvalue weighted by atomic mass is 19.4. The van der Waals surface area contributed by atoms with Gasteiger partial charge in [0.05, 0.1) is 34.8 Å². The number of rotatable bonds is 4. The molecule has 1 aliphatic rings. The Morgan fingerprint density at radius 1 is 1.27 bits per heavy atom. The summed E-state index contributed by atoms with van der Waals surface area (Å²) in [6.07, 6.45) is -3.86. The fourth-order valence-electron chi connectivity index (χ4n) is 4.34. The molecule has 4 heterocycles. The fraction of sp³-hybridized carbons (Fsp3) is 0.417. The average Bonchev–Trinajstić information content (AvgIpc) is 2.81. The van der Waals surface area contributed by atoms with Crippen molar-refractivity contribution in [1.82, 2.24) is 24.8 Å². The van der Waals surface area contributed by atoms with Gasteiger partial charge in [0, 0.05) is 24.8 Å². The van der Waals surface area contributed by atoms with Crippen LogP contribution < -0.4 is 10.9 Å². The van der Waals surface area contributed by atoms with E-state index in [1.165, 1.54) is 26.1 Å². The molecule has 2 N–H and O–H groups in total. The highest BCUT2D eigenvalue weighted by Gasteiger charge is 2.38. The molecule has 4 rings (SSSR count). The zero-order valence-corrected chi connectivity index (χ0v) is 20.5. The largest absolute Gasteiger partial charge is 0.433 e. The summed E-state index contributed by atoms with van der Waals surface area (Å²) < 4.78 is 47.3. The van der Waals surface area contributed by atoms with E-state index in [1.807, 2.05) is 19.9 Å². The zero-order valence-electron chi connectivity index (χ0n) is 20.5. The molecule has 1 saturated heterocycles. The zero-order chi connectivity index (χ0) is 27.1. The number of anilines is 1. The van der Waals surface area contributed by atoms with Gasteiger partial charge in [-0.2, -0.15) is 18.4 Å². The number of hydrogen-bond donors (Lipinski definition) is 2. The first-order valence-electron chi connectivity index (χ1n) is 11.5. The Bertz CT molecular complexity index is 1450. The predicted octanol–water partition coefficient (Wildman–Crippen LogP) is 3.33. The molecule has 3 aromatic heterocycles. The minimum atomic E-state index is -4.83. The normalized spacial score (nSPS) is 18.9. The molecule has 0 unspecified atom stereocenters. The summed E-state index contributed by atoms with van der Waals surface area (Å²) in [7, 11) is 0. The van der Waals surface area contributed by atoms with Gasteiger partial charge in [0.15, 0.2) is 11.3 Å². The number of aromatic nitrogens is 4. The van der Waals surface area contributed by atoms with Gasteiger partial charge < -0.3 is 19.9 Å². The van der Waals surface area contributed by atoms with Crippen molar-refractivity contribution in [2.75, 3.05) is 18.4 Å². The monoisotopic (exact) mass is 515 g/mol.